The second-order valence-electron chi connectivity index (χ2n) is 7.45. The van der Waals surface area contributed by atoms with Crippen LogP contribution in [0.5, 0.6) is 0 Å². The monoisotopic (exact) mass is 253 g/mol. The maximum absolute atomic E-state index is 11.1. The Bertz CT molecular complexity index is 281. The molecule has 2 saturated carbocycles. The predicted octanol–water partition coefficient (Wildman–Crippen LogP) is 3.33. The summed E-state index contributed by atoms with van der Waals surface area (Å²) in [5, 5.41) is 11.1. The lowest BCUT2D eigenvalue weighted by Crippen LogP contribution is -2.53. The Morgan fingerprint density at radius 1 is 1.17 bits per heavy atom. The first-order valence-electron chi connectivity index (χ1n) is 7.85. The molecule has 0 aromatic carbocycles. The number of aliphatic hydroxyl groups is 1. The average molecular weight is 253 g/mol. The van der Waals surface area contributed by atoms with Crippen molar-refractivity contribution in [2.75, 3.05) is 6.54 Å². The third-order valence-electron chi connectivity index (χ3n) is 6.04. The third kappa shape index (κ3) is 2.34. The first-order chi connectivity index (χ1) is 8.42. The van der Waals surface area contributed by atoms with Gasteiger partial charge >= 0.3 is 0 Å². The van der Waals surface area contributed by atoms with E-state index in [0.717, 1.165) is 37.5 Å². The summed E-state index contributed by atoms with van der Waals surface area (Å²) in [4.78, 5) is 0. The molecule has 106 valence electrons. The van der Waals surface area contributed by atoms with E-state index in [0.29, 0.717) is 12.5 Å². The number of nitrogens with two attached hydrogens (primary N) is 1. The van der Waals surface area contributed by atoms with Gasteiger partial charge in [-0.2, -0.15) is 0 Å². The topological polar surface area (TPSA) is 46.2 Å². The van der Waals surface area contributed by atoms with Crippen LogP contribution in [0.25, 0.3) is 0 Å². The first-order valence-corrected chi connectivity index (χ1v) is 7.85. The lowest BCUT2D eigenvalue weighted by molar-refractivity contribution is -0.104. The quantitative estimate of drug-likeness (QED) is 0.810. The van der Waals surface area contributed by atoms with E-state index in [4.69, 9.17) is 5.73 Å². The summed E-state index contributed by atoms with van der Waals surface area (Å²) < 4.78 is 0. The molecule has 0 heterocycles. The van der Waals surface area contributed by atoms with E-state index in [-0.39, 0.29) is 5.41 Å². The van der Waals surface area contributed by atoms with Gasteiger partial charge in [-0.3, -0.25) is 0 Å². The Kier molecular flexibility index (Phi) is 4.08. The van der Waals surface area contributed by atoms with Crippen LogP contribution in [0.4, 0.5) is 0 Å². The van der Waals surface area contributed by atoms with Gasteiger partial charge in [0.1, 0.15) is 0 Å². The van der Waals surface area contributed by atoms with E-state index in [1.165, 1.54) is 19.3 Å². The van der Waals surface area contributed by atoms with Crippen LogP contribution in [-0.2, 0) is 0 Å². The third-order valence-corrected chi connectivity index (χ3v) is 6.04. The summed E-state index contributed by atoms with van der Waals surface area (Å²) in [5.41, 5.74) is 5.66. The Hall–Kier alpha value is -0.0800. The Morgan fingerprint density at radius 2 is 1.78 bits per heavy atom. The summed E-state index contributed by atoms with van der Waals surface area (Å²) in [6.45, 7) is 7.59. The molecule has 2 aliphatic carbocycles. The van der Waals surface area contributed by atoms with Crippen LogP contribution in [-0.4, -0.2) is 17.3 Å². The number of hydrogen-bond donors (Lipinski definition) is 2. The largest absolute Gasteiger partial charge is 0.389 e. The molecule has 2 aliphatic rings. The van der Waals surface area contributed by atoms with Crippen molar-refractivity contribution in [3.8, 4) is 0 Å². The molecule has 0 amide bonds. The van der Waals surface area contributed by atoms with Crippen molar-refractivity contribution in [3.05, 3.63) is 0 Å². The molecule has 18 heavy (non-hydrogen) atoms. The van der Waals surface area contributed by atoms with Crippen molar-refractivity contribution >= 4 is 0 Å². The predicted molar refractivity (Wildman–Crippen MR) is 76.2 cm³/mol. The van der Waals surface area contributed by atoms with Crippen LogP contribution in [0.1, 0.15) is 65.7 Å². The summed E-state index contributed by atoms with van der Waals surface area (Å²) in [7, 11) is 0. The molecule has 2 unspecified atom stereocenters. The highest BCUT2D eigenvalue weighted by Gasteiger charge is 2.53. The zero-order chi connectivity index (χ0) is 13.4. The summed E-state index contributed by atoms with van der Waals surface area (Å²) in [6.07, 6.45) is 7.89. The average Bonchev–Trinajstić information content (AvgIpc) is 2.70. The van der Waals surface area contributed by atoms with Gasteiger partial charge in [-0.15, -0.1) is 0 Å². The maximum atomic E-state index is 11.1. The molecule has 0 aromatic rings. The van der Waals surface area contributed by atoms with Crippen molar-refractivity contribution in [2.24, 2.45) is 28.9 Å². The van der Waals surface area contributed by atoms with Crippen LogP contribution < -0.4 is 5.73 Å². The van der Waals surface area contributed by atoms with Crippen molar-refractivity contribution in [3.63, 3.8) is 0 Å². The molecule has 2 heteroatoms. The van der Waals surface area contributed by atoms with E-state index < -0.39 is 5.60 Å². The summed E-state index contributed by atoms with van der Waals surface area (Å²) >= 11 is 0. The molecule has 2 fully saturated rings. The first kappa shape index (κ1) is 14.3. The van der Waals surface area contributed by atoms with Gasteiger partial charge in [-0.1, -0.05) is 20.8 Å². The highest BCUT2D eigenvalue weighted by Crippen LogP contribution is 2.54. The second-order valence-corrected chi connectivity index (χ2v) is 7.45. The van der Waals surface area contributed by atoms with Gasteiger partial charge in [0.25, 0.3) is 0 Å². The molecule has 0 spiro atoms. The van der Waals surface area contributed by atoms with Gasteiger partial charge < -0.3 is 10.8 Å². The van der Waals surface area contributed by atoms with Gasteiger partial charge in [0, 0.05) is 12.0 Å². The number of rotatable bonds is 3. The van der Waals surface area contributed by atoms with Crippen LogP contribution >= 0.6 is 0 Å². The van der Waals surface area contributed by atoms with Crippen molar-refractivity contribution in [2.45, 2.75) is 71.3 Å². The number of hydrogen-bond acceptors (Lipinski definition) is 2. The van der Waals surface area contributed by atoms with Crippen molar-refractivity contribution in [1.82, 2.24) is 0 Å². The van der Waals surface area contributed by atoms with Crippen molar-refractivity contribution < 1.29 is 5.11 Å². The van der Waals surface area contributed by atoms with E-state index in [9.17, 15) is 5.11 Å². The fourth-order valence-corrected chi connectivity index (χ4v) is 4.47. The minimum atomic E-state index is -0.469. The fraction of sp³-hybridized carbons (Fsp3) is 1.00. The Morgan fingerprint density at radius 3 is 2.17 bits per heavy atom. The highest BCUT2D eigenvalue weighted by atomic mass is 16.3. The molecule has 0 aromatic heterocycles. The maximum Gasteiger partial charge on any atom is 0.0718 e. The molecule has 0 bridgehead atoms. The standard InChI is InChI=1S/C16H31NO/c1-12(2)14-5-7-15(11-17,8-6-14)16(18)9-4-13(3)10-16/h12-14,18H,4-11,17H2,1-3H3. The molecular formula is C16H31NO. The van der Waals surface area contributed by atoms with E-state index >= 15 is 0 Å². The van der Waals surface area contributed by atoms with E-state index in [1.54, 1.807) is 0 Å². The molecule has 2 atom stereocenters. The van der Waals surface area contributed by atoms with Crippen LogP contribution in [0.15, 0.2) is 0 Å². The lowest BCUT2D eigenvalue weighted by atomic mass is 9.59. The highest BCUT2D eigenvalue weighted by molar-refractivity contribution is 5.05. The van der Waals surface area contributed by atoms with Gasteiger partial charge in [0.2, 0.25) is 0 Å². The Labute approximate surface area is 112 Å². The van der Waals surface area contributed by atoms with Crippen LogP contribution in [0.2, 0.25) is 0 Å². The molecule has 2 nitrogen and oxygen atoms in total. The normalized spacial score (nSPS) is 45.7. The van der Waals surface area contributed by atoms with Gasteiger partial charge in [-0.25, -0.2) is 0 Å². The second kappa shape index (κ2) is 5.13. The van der Waals surface area contributed by atoms with E-state index in [2.05, 4.69) is 20.8 Å². The summed E-state index contributed by atoms with van der Waals surface area (Å²) in [5.74, 6) is 2.28. The zero-order valence-corrected chi connectivity index (χ0v) is 12.4. The van der Waals surface area contributed by atoms with Gasteiger partial charge in [0.05, 0.1) is 5.60 Å². The zero-order valence-electron chi connectivity index (χ0n) is 12.4. The van der Waals surface area contributed by atoms with Crippen LogP contribution in [0.3, 0.4) is 0 Å². The Balaban J connectivity index is 2.09. The minimum Gasteiger partial charge on any atom is -0.389 e. The fourth-order valence-electron chi connectivity index (χ4n) is 4.47. The summed E-state index contributed by atoms with van der Waals surface area (Å²) in [6, 6.07) is 0. The molecular weight excluding hydrogens is 222 g/mol. The smallest absolute Gasteiger partial charge is 0.0718 e. The SMILES string of the molecule is CC1CCC(O)(C2(CN)CCC(C(C)C)CC2)C1. The van der Waals surface area contributed by atoms with Crippen LogP contribution in [0, 0.1) is 23.2 Å². The minimum absolute atomic E-state index is 0.0170. The van der Waals surface area contributed by atoms with Gasteiger partial charge in [0.15, 0.2) is 0 Å². The molecule has 0 saturated heterocycles. The molecule has 0 aliphatic heterocycles. The molecule has 0 radical (unpaired) electrons. The molecule has 3 N–H and O–H groups in total. The molecule has 2 rings (SSSR count). The van der Waals surface area contributed by atoms with Gasteiger partial charge in [-0.05, 0) is 62.7 Å². The van der Waals surface area contributed by atoms with Crippen molar-refractivity contribution in [1.29, 1.82) is 0 Å². The van der Waals surface area contributed by atoms with E-state index in [1.807, 2.05) is 0 Å². The lowest BCUT2D eigenvalue weighted by Gasteiger charge is -2.50.